The molecule has 0 aliphatic rings. The Labute approximate surface area is 96.1 Å². The third kappa shape index (κ3) is 4.62. The van der Waals surface area contributed by atoms with E-state index in [0.717, 1.165) is 29.5 Å². The summed E-state index contributed by atoms with van der Waals surface area (Å²) >= 11 is 1.90. The number of hydrogen-bond donors (Lipinski definition) is 1. The molecule has 0 saturated carbocycles. The van der Waals surface area contributed by atoms with Crippen molar-refractivity contribution in [3.63, 3.8) is 0 Å². The maximum Gasteiger partial charge on any atom is 0.138 e. The van der Waals surface area contributed by atoms with E-state index in [-0.39, 0.29) is 0 Å². The van der Waals surface area contributed by atoms with E-state index in [4.69, 9.17) is 0 Å². The first-order chi connectivity index (χ1) is 7.26. The van der Waals surface area contributed by atoms with Gasteiger partial charge in [0, 0.05) is 12.2 Å². The van der Waals surface area contributed by atoms with Crippen LogP contribution in [0.2, 0.25) is 0 Å². The molecule has 1 heterocycles. The van der Waals surface area contributed by atoms with Crippen LogP contribution in [0.1, 0.15) is 30.6 Å². The van der Waals surface area contributed by atoms with Gasteiger partial charge in [-0.15, -0.1) is 0 Å². The molecule has 3 nitrogen and oxygen atoms in total. The van der Waals surface area contributed by atoms with Gasteiger partial charge in [-0.1, -0.05) is 6.92 Å². The number of nitrogens with zero attached hydrogens (tertiary/aromatic N) is 2. The Kier molecular flexibility index (Phi) is 5.65. The zero-order chi connectivity index (χ0) is 11.1. The highest BCUT2D eigenvalue weighted by atomic mass is 32.2. The summed E-state index contributed by atoms with van der Waals surface area (Å²) in [6.07, 6.45) is 1.21. The van der Waals surface area contributed by atoms with Crippen molar-refractivity contribution in [1.82, 2.24) is 15.3 Å². The third-order valence-electron chi connectivity index (χ3n) is 1.89. The van der Waals surface area contributed by atoms with Crippen LogP contribution in [0.15, 0.2) is 6.07 Å². The molecule has 0 fully saturated rings. The van der Waals surface area contributed by atoms with Crippen molar-refractivity contribution in [3.8, 4) is 0 Å². The summed E-state index contributed by atoms with van der Waals surface area (Å²) < 4.78 is 0. The van der Waals surface area contributed by atoms with Gasteiger partial charge in [-0.2, -0.15) is 11.8 Å². The number of rotatable bonds is 6. The first kappa shape index (κ1) is 12.5. The molecule has 0 aliphatic carbocycles. The van der Waals surface area contributed by atoms with E-state index in [9.17, 15) is 0 Å². The third-order valence-corrected chi connectivity index (χ3v) is 3.05. The fourth-order valence-electron chi connectivity index (χ4n) is 1.34. The molecule has 0 unspecified atom stereocenters. The Balaban J connectivity index is 2.62. The molecule has 0 aliphatic heterocycles. The summed E-state index contributed by atoms with van der Waals surface area (Å²) in [6.45, 7) is 5.03. The lowest BCUT2D eigenvalue weighted by atomic mass is 10.3. The molecule has 0 radical (unpaired) electrons. The van der Waals surface area contributed by atoms with Crippen LogP contribution in [0.3, 0.4) is 0 Å². The highest BCUT2D eigenvalue weighted by Gasteiger charge is 2.01. The Hall–Kier alpha value is -0.610. The van der Waals surface area contributed by atoms with Crippen molar-refractivity contribution in [2.45, 2.75) is 32.6 Å². The summed E-state index contributed by atoms with van der Waals surface area (Å²) in [7, 11) is 1.93. The van der Waals surface area contributed by atoms with Crippen LogP contribution in [-0.4, -0.2) is 22.8 Å². The molecule has 1 aromatic rings. The molecule has 0 aromatic carbocycles. The highest BCUT2D eigenvalue weighted by molar-refractivity contribution is 7.98. The zero-order valence-electron chi connectivity index (χ0n) is 9.71. The van der Waals surface area contributed by atoms with E-state index in [1.165, 1.54) is 12.2 Å². The van der Waals surface area contributed by atoms with E-state index >= 15 is 0 Å². The topological polar surface area (TPSA) is 37.8 Å². The molecule has 0 saturated heterocycles. The largest absolute Gasteiger partial charge is 0.314 e. The van der Waals surface area contributed by atoms with Gasteiger partial charge in [0.1, 0.15) is 5.82 Å². The van der Waals surface area contributed by atoms with E-state index < -0.39 is 0 Å². The van der Waals surface area contributed by atoms with Gasteiger partial charge in [0.2, 0.25) is 0 Å². The molecule has 0 bridgehead atoms. The lowest BCUT2D eigenvalue weighted by Gasteiger charge is -2.05. The normalized spacial score (nSPS) is 10.6. The highest BCUT2D eigenvalue weighted by Crippen LogP contribution is 2.10. The van der Waals surface area contributed by atoms with Gasteiger partial charge >= 0.3 is 0 Å². The smallest absolute Gasteiger partial charge is 0.138 e. The Morgan fingerprint density at radius 3 is 2.87 bits per heavy atom. The lowest BCUT2D eigenvalue weighted by molar-refractivity contribution is 0.773. The van der Waals surface area contributed by atoms with Crippen LogP contribution >= 0.6 is 11.8 Å². The Morgan fingerprint density at radius 2 is 2.20 bits per heavy atom. The molecule has 0 spiro atoms. The van der Waals surface area contributed by atoms with Crippen molar-refractivity contribution in [3.05, 3.63) is 23.3 Å². The first-order valence-corrected chi connectivity index (χ1v) is 6.47. The second kappa shape index (κ2) is 6.80. The molecular weight excluding hydrogens is 206 g/mol. The van der Waals surface area contributed by atoms with Gasteiger partial charge in [-0.3, -0.25) is 0 Å². The van der Waals surface area contributed by atoms with E-state index in [1.807, 2.05) is 31.8 Å². The van der Waals surface area contributed by atoms with Crippen molar-refractivity contribution < 1.29 is 0 Å². The van der Waals surface area contributed by atoms with E-state index in [2.05, 4.69) is 22.2 Å². The summed E-state index contributed by atoms with van der Waals surface area (Å²) in [5, 5.41) is 3.11. The first-order valence-electron chi connectivity index (χ1n) is 5.32. The number of thioether (sulfide) groups is 1. The minimum atomic E-state index is 0.814. The van der Waals surface area contributed by atoms with Gasteiger partial charge in [-0.25, -0.2) is 9.97 Å². The fraction of sp³-hybridized carbons (Fsp3) is 0.636. The van der Waals surface area contributed by atoms with Gasteiger partial charge in [0.15, 0.2) is 0 Å². The molecular formula is C11H19N3S. The van der Waals surface area contributed by atoms with Gasteiger partial charge in [-0.05, 0) is 32.2 Å². The summed E-state index contributed by atoms with van der Waals surface area (Å²) in [5.74, 6) is 3.06. The van der Waals surface area contributed by atoms with Crippen LogP contribution in [0.25, 0.3) is 0 Å². The predicted molar refractivity (Wildman–Crippen MR) is 66.0 cm³/mol. The minimum Gasteiger partial charge on any atom is -0.314 e. The molecule has 15 heavy (non-hydrogen) atoms. The second-order valence-corrected chi connectivity index (χ2v) is 4.60. The van der Waals surface area contributed by atoms with E-state index in [1.54, 1.807) is 0 Å². The average molecular weight is 225 g/mol. The van der Waals surface area contributed by atoms with Crippen molar-refractivity contribution in [2.75, 3.05) is 12.8 Å². The summed E-state index contributed by atoms with van der Waals surface area (Å²) in [5.41, 5.74) is 2.14. The van der Waals surface area contributed by atoms with Crippen molar-refractivity contribution in [2.24, 2.45) is 0 Å². The van der Waals surface area contributed by atoms with E-state index in [0.29, 0.717) is 0 Å². The number of nitrogens with one attached hydrogen (secondary N) is 1. The predicted octanol–water partition coefficient (Wildman–Crippen LogP) is 2.15. The van der Waals surface area contributed by atoms with Crippen LogP contribution in [-0.2, 0) is 12.3 Å². The molecule has 0 atom stereocenters. The quantitative estimate of drug-likeness (QED) is 0.753. The summed E-state index contributed by atoms with van der Waals surface area (Å²) in [4.78, 5) is 8.93. The number of aromatic nitrogens is 2. The minimum absolute atomic E-state index is 0.814. The van der Waals surface area contributed by atoms with Crippen LogP contribution in [0.4, 0.5) is 0 Å². The molecule has 1 rings (SSSR count). The molecule has 1 aromatic heterocycles. The molecule has 1 N–H and O–H groups in total. The van der Waals surface area contributed by atoms with Crippen molar-refractivity contribution >= 4 is 11.8 Å². The monoisotopic (exact) mass is 225 g/mol. The lowest BCUT2D eigenvalue weighted by Crippen LogP contribution is -2.09. The SMILES string of the molecule is CCCSCc1nc(C)cc(CNC)n1. The standard InChI is InChI=1S/C11H19N3S/c1-4-5-15-8-11-13-9(2)6-10(14-11)7-12-3/h6,12H,4-5,7-8H2,1-3H3. The Bertz CT molecular complexity index is 302. The zero-order valence-corrected chi connectivity index (χ0v) is 10.5. The molecule has 4 heteroatoms. The van der Waals surface area contributed by atoms with Gasteiger partial charge in [0.25, 0.3) is 0 Å². The van der Waals surface area contributed by atoms with Crippen LogP contribution in [0.5, 0.6) is 0 Å². The average Bonchev–Trinajstić information content (AvgIpc) is 2.18. The molecule has 84 valence electrons. The maximum atomic E-state index is 4.50. The maximum absolute atomic E-state index is 4.50. The van der Waals surface area contributed by atoms with Gasteiger partial charge in [0.05, 0.1) is 11.4 Å². The van der Waals surface area contributed by atoms with Crippen LogP contribution in [0, 0.1) is 6.92 Å². The van der Waals surface area contributed by atoms with Crippen molar-refractivity contribution in [1.29, 1.82) is 0 Å². The molecule has 0 amide bonds. The van der Waals surface area contributed by atoms with Gasteiger partial charge < -0.3 is 5.32 Å². The fourth-order valence-corrected chi connectivity index (χ4v) is 2.09. The van der Waals surface area contributed by atoms with Crippen LogP contribution < -0.4 is 5.32 Å². The summed E-state index contributed by atoms with van der Waals surface area (Å²) in [6, 6.07) is 2.03. The second-order valence-electron chi connectivity index (χ2n) is 3.50. The Morgan fingerprint density at radius 1 is 1.40 bits per heavy atom. The number of aryl methyl sites for hydroxylation is 1. The number of hydrogen-bond acceptors (Lipinski definition) is 4.